The van der Waals surface area contributed by atoms with Crippen LogP contribution in [0, 0.1) is 5.41 Å². The third kappa shape index (κ3) is 2.13. The topological polar surface area (TPSA) is 45.2 Å². The third-order valence-corrected chi connectivity index (χ3v) is 3.79. The maximum Gasteiger partial charge on any atom is 0.0931 e. The molecule has 1 saturated heterocycles. The fraction of sp³-hybridized carbons (Fsp3) is 0.700. The lowest BCUT2D eigenvalue weighted by Crippen LogP contribution is -2.40. The summed E-state index contributed by atoms with van der Waals surface area (Å²) in [5.74, 6) is 0. The van der Waals surface area contributed by atoms with E-state index in [9.17, 15) is 5.11 Å². The second-order valence-electron chi connectivity index (χ2n) is 4.01. The van der Waals surface area contributed by atoms with E-state index in [-0.39, 0.29) is 12.0 Å². The Morgan fingerprint density at radius 2 is 2.29 bits per heavy atom. The lowest BCUT2D eigenvalue weighted by atomic mass is 9.77. The smallest absolute Gasteiger partial charge is 0.0931 e. The van der Waals surface area contributed by atoms with E-state index in [1.165, 1.54) is 0 Å². The molecule has 2 N–H and O–H groups in total. The number of piperidine rings is 1. The Kier molecular flexibility index (Phi) is 3.15. The standard InChI is InChI=1S/C10H16N2OS/c13-8-10(1-3-11-4-2-10)7-9-12-5-6-14-9/h5-6,11,13H,1-4,7-8H2. The summed E-state index contributed by atoms with van der Waals surface area (Å²) in [4.78, 5) is 4.29. The molecule has 0 aliphatic carbocycles. The molecule has 0 bridgehead atoms. The molecule has 2 heterocycles. The highest BCUT2D eigenvalue weighted by molar-refractivity contribution is 7.09. The third-order valence-electron chi connectivity index (χ3n) is 3.01. The fourth-order valence-electron chi connectivity index (χ4n) is 2.01. The predicted molar refractivity (Wildman–Crippen MR) is 57.4 cm³/mol. The molecule has 2 rings (SSSR count). The van der Waals surface area contributed by atoms with E-state index in [1.807, 2.05) is 11.6 Å². The first-order valence-corrected chi connectivity index (χ1v) is 5.93. The van der Waals surface area contributed by atoms with Gasteiger partial charge in [0.15, 0.2) is 0 Å². The van der Waals surface area contributed by atoms with Crippen LogP contribution < -0.4 is 5.32 Å². The molecule has 0 aromatic carbocycles. The normalized spacial score (nSPS) is 20.9. The Labute approximate surface area is 88.2 Å². The first kappa shape index (κ1) is 10.1. The minimum atomic E-state index is 0.0864. The second kappa shape index (κ2) is 4.38. The molecule has 0 amide bonds. The van der Waals surface area contributed by atoms with E-state index in [1.54, 1.807) is 11.3 Å². The van der Waals surface area contributed by atoms with Crippen LogP contribution in [0.15, 0.2) is 11.6 Å². The molecule has 78 valence electrons. The number of nitrogens with zero attached hydrogens (tertiary/aromatic N) is 1. The number of hydrogen-bond donors (Lipinski definition) is 2. The molecule has 14 heavy (non-hydrogen) atoms. The second-order valence-corrected chi connectivity index (χ2v) is 4.99. The Balaban J connectivity index is 2.04. The van der Waals surface area contributed by atoms with Gasteiger partial charge in [-0.05, 0) is 25.9 Å². The van der Waals surface area contributed by atoms with Crippen LogP contribution in [0.5, 0.6) is 0 Å². The first-order valence-electron chi connectivity index (χ1n) is 5.05. The van der Waals surface area contributed by atoms with Crippen molar-refractivity contribution >= 4 is 11.3 Å². The molecule has 0 unspecified atom stereocenters. The highest BCUT2D eigenvalue weighted by atomic mass is 32.1. The summed E-state index contributed by atoms with van der Waals surface area (Å²) in [6.07, 6.45) is 4.89. The molecule has 1 aromatic rings. The van der Waals surface area contributed by atoms with Gasteiger partial charge in [-0.15, -0.1) is 11.3 Å². The van der Waals surface area contributed by atoms with Gasteiger partial charge in [-0.2, -0.15) is 0 Å². The van der Waals surface area contributed by atoms with Crippen molar-refractivity contribution in [3.05, 3.63) is 16.6 Å². The Bertz CT molecular complexity index is 268. The lowest BCUT2D eigenvalue weighted by molar-refractivity contribution is 0.0892. The van der Waals surface area contributed by atoms with E-state index in [2.05, 4.69) is 10.3 Å². The minimum absolute atomic E-state index is 0.0864. The highest BCUT2D eigenvalue weighted by Crippen LogP contribution is 2.32. The predicted octanol–water partition coefficient (Wildman–Crippen LogP) is 1.05. The molecule has 1 aliphatic rings. The molecule has 3 nitrogen and oxygen atoms in total. The van der Waals surface area contributed by atoms with E-state index in [4.69, 9.17) is 0 Å². The summed E-state index contributed by atoms with van der Waals surface area (Å²) in [6, 6.07) is 0. The van der Waals surface area contributed by atoms with Crippen LogP contribution >= 0.6 is 11.3 Å². The summed E-state index contributed by atoms with van der Waals surface area (Å²) in [6.45, 7) is 2.33. The van der Waals surface area contributed by atoms with Gasteiger partial charge in [0.25, 0.3) is 0 Å². The van der Waals surface area contributed by atoms with E-state index in [0.717, 1.165) is 37.4 Å². The SMILES string of the molecule is OCC1(Cc2nccs2)CCNCC1. The number of aliphatic hydroxyl groups excluding tert-OH is 1. The highest BCUT2D eigenvalue weighted by Gasteiger charge is 2.32. The van der Waals surface area contributed by atoms with Crippen LogP contribution in [0.1, 0.15) is 17.8 Å². The Morgan fingerprint density at radius 1 is 1.50 bits per heavy atom. The maximum atomic E-state index is 9.49. The van der Waals surface area contributed by atoms with Gasteiger partial charge in [0.05, 0.1) is 5.01 Å². The molecular formula is C10H16N2OS. The largest absolute Gasteiger partial charge is 0.396 e. The van der Waals surface area contributed by atoms with Crippen molar-refractivity contribution in [2.45, 2.75) is 19.3 Å². The van der Waals surface area contributed by atoms with Gasteiger partial charge in [-0.3, -0.25) is 0 Å². The number of thiazole rings is 1. The Hall–Kier alpha value is -0.450. The summed E-state index contributed by atoms with van der Waals surface area (Å²) < 4.78 is 0. The van der Waals surface area contributed by atoms with Crippen LogP contribution in [0.3, 0.4) is 0 Å². The zero-order chi connectivity index (χ0) is 9.86. The first-order chi connectivity index (χ1) is 6.85. The van der Waals surface area contributed by atoms with Gasteiger partial charge in [0, 0.05) is 30.0 Å². The van der Waals surface area contributed by atoms with Crippen LogP contribution in [0.25, 0.3) is 0 Å². The minimum Gasteiger partial charge on any atom is -0.396 e. The molecule has 0 saturated carbocycles. The maximum absolute atomic E-state index is 9.49. The zero-order valence-electron chi connectivity index (χ0n) is 8.20. The van der Waals surface area contributed by atoms with Gasteiger partial charge in [0.2, 0.25) is 0 Å². The molecule has 0 atom stereocenters. The average Bonchev–Trinajstić information content (AvgIpc) is 2.72. The van der Waals surface area contributed by atoms with Gasteiger partial charge >= 0.3 is 0 Å². The number of aromatic nitrogens is 1. The molecule has 0 spiro atoms. The quantitative estimate of drug-likeness (QED) is 0.787. The monoisotopic (exact) mass is 212 g/mol. The molecule has 1 aromatic heterocycles. The van der Waals surface area contributed by atoms with Crippen molar-refractivity contribution in [3.63, 3.8) is 0 Å². The summed E-state index contributed by atoms with van der Waals surface area (Å²) in [5, 5.41) is 16.0. The fourth-order valence-corrected chi connectivity index (χ4v) is 2.80. The van der Waals surface area contributed by atoms with Crippen molar-refractivity contribution < 1.29 is 5.11 Å². The van der Waals surface area contributed by atoms with Crippen molar-refractivity contribution in [2.75, 3.05) is 19.7 Å². The van der Waals surface area contributed by atoms with Gasteiger partial charge < -0.3 is 10.4 Å². The summed E-state index contributed by atoms with van der Waals surface area (Å²) in [5.41, 5.74) is 0.0864. The zero-order valence-corrected chi connectivity index (χ0v) is 9.02. The molecule has 1 fully saturated rings. The van der Waals surface area contributed by atoms with E-state index < -0.39 is 0 Å². The lowest BCUT2D eigenvalue weighted by Gasteiger charge is -2.35. The van der Waals surface area contributed by atoms with Crippen LogP contribution in [0.2, 0.25) is 0 Å². The number of rotatable bonds is 3. The van der Waals surface area contributed by atoms with Crippen LogP contribution in [-0.2, 0) is 6.42 Å². The van der Waals surface area contributed by atoms with Crippen LogP contribution in [0.4, 0.5) is 0 Å². The van der Waals surface area contributed by atoms with Crippen molar-refractivity contribution in [2.24, 2.45) is 5.41 Å². The number of nitrogens with one attached hydrogen (secondary N) is 1. The Morgan fingerprint density at radius 3 is 2.86 bits per heavy atom. The van der Waals surface area contributed by atoms with Crippen molar-refractivity contribution in [1.82, 2.24) is 10.3 Å². The molecule has 1 aliphatic heterocycles. The summed E-state index contributed by atoms with van der Waals surface area (Å²) in [7, 11) is 0. The van der Waals surface area contributed by atoms with Crippen molar-refractivity contribution in [3.8, 4) is 0 Å². The van der Waals surface area contributed by atoms with Gasteiger partial charge in [-0.25, -0.2) is 4.98 Å². The molecular weight excluding hydrogens is 196 g/mol. The number of aliphatic hydroxyl groups is 1. The molecule has 0 radical (unpaired) electrons. The van der Waals surface area contributed by atoms with E-state index in [0.29, 0.717) is 0 Å². The average molecular weight is 212 g/mol. The van der Waals surface area contributed by atoms with Gasteiger partial charge in [-0.1, -0.05) is 0 Å². The van der Waals surface area contributed by atoms with Crippen molar-refractivity contribution in [1.29, 1.82) is 0 Å². The van der Waals surface area contributed by atoms with Crippen LogP contribution in [-0.4, -0.2) is 29.8 Å². The van der Waals surface area contributed by atoms with E-state index >= 15 is 0 Å². The van der Waals surface area contributed by atoms with Gasteiger partial charge in [0.1, 0.15) is 0 Å². The number of hydrogen-bond acceptors (Lipinski definition) is 4. The summed E-state index contributed by atoms with van der Waals surface area (Å²) >= 11 is 1.69. The molecule has 4 heteroatoms.